The monoisotopic (exact) mass is 474 g/mol. The van der Waals surface area contributed by atoms with Crippen molar-refractivity contribution >= 4 is 29.2 Å². The standard InChI is InChI=1S/C26H34N8O/c1-4-19(27)24-18-14-33(26(35)17(18)13-23(31-24)32-12-6-7-15(32)2)22-9-5-8-20(30-22)25(29)34-16(3)10-11-21(34)28/h5,8-9,13,15-16,19,28-29H,4,6-7,10-12,14,27H2,1-3H3/t15?,16-,19?/m0/s1. The predicted octanol–water partition coefficient (Wildman–Crippen LogP) is 3.82. The molecule has 184 valence electrons. The largest absolute Gasteiger partial charge is 0.354 e. The number of amides is 1. The molecule has 2 saturated heterocycles. The fourth-order valence-electron chi connectivity index (χ4n) is 5.46. The second-order valence-electron chi connectivity index (χ2n) is 9.92. The van der Waals surface area contributed by atoms with Crippen molar-refractivity contribution in [1.82, 2.24) is 14.9 Å². The van der Waals surface area contributed by atoms with Crippen LogP contribution in [0.25, 0.3) is 0 Å². The zero-order chi connectivity index (χ0) is 24.9. The van der Waals surface area contributed by atoms with Crippen molar-refractivity contribution < 1.29 is 4.79 Å². The van der Waals surface area contributed by atoms with E-state index < -0.39 is 0 Å². The van der Waals surface area contributed by atoms with Crippen molar-refractivity contribution in [1.29, 1.82) is 10.8 Å². The Morgan fingerprint density at radius 1 is 1.20 bits per heavy atom. The fraction of sp³-hybridized carbons (Fsp3) is 0.500. The van der Waals surface area contributed by atoms with Gasteiger partial charge in [-0.15, -0.1) is 0 Å². The normalized spacial score (nSPS) is 22.8. The molecule has 35 heavy (non-hydrogen) atoms. The molecule has 9 heteroatoms. The smallest absolute Gasteiger partial charge is 0.260 e. The van der Waals surface area contributed by atoms with Crippen LogP contribution in [0.3, 0.4) is 0 Å². The molecule has 5 heterocycles. The number of nitrogens with two attached hydrogens (primary N) is 1. The number of nitrogens with one attached hydrogen (secondary N) is 2. The third-order valence-corrected chi connectivity index (χ3v) is 7.60. The molecule has 0 aromatic carbocycles. The molecule has 1 amide bonds. The first-order valence-electron chi connectivity index (χ1n) is 12.6. The Bertz CT molecular complexity index is 1190. The van der Waals surface area contributed by atoms with Gasteiger partial charge in [-0.3, -0.25) is 20.5 Å². The lowest BCUT2D eigenvalue weighted by Crippen LogP contribution is -2.37. The number of likely N-dealkylation sites (tertiary alicyclic amines) is 1. The number of aromatic nitrogens is 2. The van der Waals surface area contributed by atoms with Gasteiger partial charge in [0.1, 0.15) is 23.2 Å². The van der Waals surface area contributed by atoms with Crippen molar-refractivity contribution in [2.24, 2.45) is 5.73 Å². The van der Waals surface area contributed by atoms with Crippen LogP contribution in [0.5, 0.6) is 0 Å². The number of pyridine rings is 2. The van der Waals surface area contributed by atoms with Gasteiger partial charge in [0.05, 0.1) is 17.8 Å². The molecule has 3 atom stereocenters. The quantitative estimate of drug-likeness (QED) is 0.447. The van der Waals surface area contributed by atoms with E-state index in [1.807, 2.05) is 26.0 Å². The van der Waals surface area contributed by atoms with Crippen molar-refractivity contribution in [2.45, 2.75) is 77.5 Å². The van der Waals surface area contributed by atoms with E-state index in [0.29, 0.717) is 41.9 Å². The van der Waals surface area contributed by atoms with E-state index in [1.54, 1.807) is 21.9 Å². The van der Waals surface area contributed by atoms with Crippen LogP contribution < -0.4 is 15.5 Å². The number of carbonyl (C=O) groups is 1. The van der Waals surface area contributed by atoms with Gasteiger partial charge in [0.15, 0.2) is 5.84 Å². The second-order valence-corrected chi connectivity index (χ2v) is 9.92. The van der Waals surface area contributed by atoms with E-state index >= 15 is 0 Å². The van der Waals surface area contributed by atoms with Crippen LogP contribution in [0.4, 0.5) is 11.6 Å². The first-order valence-corrected chi connectivity index (χ1v) is 12.6. The Labute approximate surface area is 206 Å². The van der Waals surface area contributed by atoms with Crippen molar-refractivity contribution in [2.75, 3.05) is 16.3 Å². The molecule has 4 N–H and O–H groups in total. The van der Waals surface area contributed by atoms with Crippen LogP contribution in [0.15, 0.2) is 24.3 Å². The molecular formula is C26H34N8O. The van der Waals surface area contributed by atoms with Gasteiger partial charge in [-0.1, -0.05) is 13.0 Å². The molecule has 3 aliphatic heterocycles. The summed E-state index contributed by atoms with van der Waals surface area (Å²) in [5.41, 5.74) is 9.24. The van der Waals surface area contributed by atoms with Crippen molar-refractivity contribution in [3.05, 3.63) is 46.8 Å². The SMILES string of the molecule is CCC(N)c1nc(N2CCCC2C)cc2c1CN(c1cccc(C(=N)N3C(=N)CC[C@@H]3C)n1)C2=O. The summed E-state index contributed by atoms with van der Waals surface area (Å²) in [6.07, 6.45) is 4.48. The Hall–Kier alpha value is -3.33. The Morgan fingerprint density at radius 3 is 2.66 bits per heavy atom. The first kappa shape index (κ1) is 23.4. The zero-order valence-electron chi connectivity index (χ0n) is 20.7. The van der Waals surface area contributed by atoms with Gasteiger partial charge < -0.3 is 15.5 Å². The fourth-order valence-corrected chi connectivity index (χ4v) is 5.46. The van der Waals surface area contributed by atoms with Crippen LogP contribution in [-0.4, -0.2) is 51.1 Å². The summed E-state index contributed by atoms with van der Waals surface area (Å²) in [6.45, 7) is 7.54. The number of hydrogen-bond acceptors (Lipinski definition) is 7. The Kier molecular flexibility index (Phi) is 6.04. The lowest BCUT2D eigenvalue weighted by molar-refractivity contribution is 0.0996. The van der Waals surface area contributed by atoms with Crippen molar-refractivity contribution in [3.8, 4) is 0 Å². The average Bonchev–Trinajstić information content (AvgIpc) is 3.54. The Balaban J connectivity index is 1.49. The second kappa shape index (κ2) is 9.03. The summed E-state index contributed by atoms with van der Waals surface area (Å²) in [4.78, 5) is 29.0. The number of rotatable bonds is 5. The highest BCUT2D eigenvalue weighted by Crippen LogP contribution is 2.36. The molecule has 2 aromatic heterocycles. The highest BCUT2D eigenvalue weighted by molar-refractivity contribution is 6.11. The molecule has 2 fully saturated rings. The number of amidine groups is 2. The molecule has 0 aliphatic carbocycles. The van der Waals surface area contributed by atoms with E-state index in [4.69, 9.17) is 21.5 Å². The van der Waals surface area contributed by atoms with E-state index in [1.165, 1.54) is 0 Å². The molecule has 0 bridgehead atoms. The number of hydrogen-bond donors (Lipinski definition) is 3. The molecular weight excluding hydrogens is 440 g/mol. The van der Waals surface area contributed by atoms with E-state index in [0.717, 1.165) is 49.3 Å². The van der Waals surface area contributed by atoms with E-state index in [9.17, 15) is 4.79 Å². The third-order valence-electron chi connectivity index (χ3n) is 7.60. The average molecular weight is 475 g/mol. The number of nitrogens with zero attached hydrogens (tertiary/aromatic N) is 5. The topological polar surface area (TPSA) is 126 Å². The van der Waals surface area contributed by atoms with Crippen molar-refractivity contribution in [3.63, 3.8) is 0 Å². The van der Waals surface area contributed by atoms with Crippen LogP contribution in [0.1, 0.15) is 86.2 Å². The van der Waals surface area contributed by atoms with Gasteiger partial charge in [-0.2, -0.15) is 0 Å². The summed E-state index contributed by atoms with van der Waals surface area (Å²) >= 11 is 0. The zero-order valence-corrected chi connectivity index (χ0v) is 20.7. The molecule has 0 spiro atoms. The number of fused-ring (bicyclic) bond motifs is 1. The minimum Gasteiger partial charge on any atom is -0.354 e. The Morgan fingerprint density at radius 2 is 2.00 bits per heavy atom. The minimum atomic E-state index is -0.246. The molecule has 9 nitrogen and oxygen atoms in total. The summed E-state index contributed by atoms with van der Waals surface area (Å²) in [6, 6.07) is 7.54. The molecule has 3 aliphatic rings. The third kappa shape index (κ3) is 3.97. The molecule has 2 unspecified atom stereocenters. The summed E-state index contributed by atoms with van der Waals surface area (Å²) in [5, 5.41) is 16.9. The number of carbonyl (C=O) groups excluding carboxylic acids is 1. The van der Waals surface area contributed by atoms with Crippen LogP contribution in [-0.2, 0) is 6.54 Å². The van der Waals surface area contributed by atoms with Gasteiger partial charge in [0.25, 0.3) is 5.91 Å². The maximum Gasteiger partial charge on any atom is 0.260 e. The molecule has 0 radical (unpaired) electrons. The maximum atomic E-state index is 13.7. The predicted molar refractivity (Wildman–Crippen MR) is 137 cm³/mol. The van der Waals surface area contributed by atoms with Gasteiger partial charge in [-0.05, 0) is 57.7 Å². The lowest BCUT2D eigenvalue weighted by atomic mass is 10.0. The summed E-state index contributed by atoms with van der Waals surface area (Å²) < 4.78 is 0. The lowest BCUT2D eigenvalue weighted by Gasteiger charge is -2.25. The van der Waals surface area contributed by atoms with Crippen LogP contribution >= 0.6 is 0 Å². The summed E-state index contributed by atoms with van der Waals surface area (Å²) in [7, 11) is 0. The minimum absolute atomic E-state index is 0.0914. The number of anilines is 2. The molecule has 0 saturated carbocycles. The van der Waals surface area contributed by atoms with E-state index in [-0.39, 0.29) is 23.8 Å². The molecule has 5 rings (SSSR count). The first-order chi connectivity index (χ1) is 16.8. The van der Waals surface area contributed by atoms with Gasteiger partial charge in [0, 0.05) is 36.7 Å². The highest BCUT2D eigenvalue weighted by atomic mass is 16.2. The van der Waals surface area contributed by atoms with E-state index in [2.05, 4.69) is 16.8 Å². The maximum absolute atomic E-state index is 13.7. The highest BCUT2D eigenvalue weighted by Gasteiger charge is 2.36. The van der Waals surface area contributed by atoms with Gasteiger partial charge in [-0.25, -0.2) is 9.97 Å². The van der Waals surface area contributed by atoms with Gasteiger partial charge >= 0.3 is 0 Å². The summed E-state index contributed by atoms with van der Waals surface area (Å²) in [5.74, 6) is 1.85. The molecule has 2 aromatic rings. The van der Waals surface area contributed by atoms with Crippen LogP contribution in [0, 0.1) is 10.8 Å². The van der Waals surface area contributed by atoms with Gasteiger partial charge in [0.2, 0.25) is 0 Å². The van der Waals surface area contributed by atoms with Crippen LogP contribution in [0.2, 0.25) is 0 Å².